The van der Waals surface area contributed by atoms with Crippen LogP contribution in [0.25, 0.3) is 10.9 Å². The van der Waals surface area contributed by atoms with E-state index in [9.17, 15) is 10.2 Å². The number of hydrogen-bond donors (Lipinski definition) is 3. The zero-order chi connectivity index (χ0) is 17.9. The topological polar surface area (TPSA) is 80.8 Å². The maximum Gasteiger partial charge on any atom is 0.272 e. The molecule has 4 aromatic rings. The number of benzene rings is 2. The van der Waals surface area contributed by atoms with Crippen LogP contribution in [0.4, 0.5) is 5.82 Å². The Labute approximate surface area is 150 Å². The average Bonchev–Trinajstić information content (AvgIpc) is 2.68. The van der Waals surface area contributed by atoms with Gasteiger partial charge in [0.05, 0.1) is 11.6 Å². The van der Waals surface area contributed by atoms with E-state index in [1.54, 1.807) is 18.3 Å². The minimum absolute atomic E-state index is 0.153. The number of phenols is 2. The molecule has 0 fully saturated rings. The van der Waals surface area contributed by atoms with Crippen molar-refractivity contribution in [2.75, 3.05) is 5.32 Å². The van der Waals surface area contributed by atoms with Crippen LogP contribution in [0.5, 0.6) is 11.5 Å². The molecule has 2 heterocycles. The van der Waals surface area contributed by atoms with Crippen molar-refractivity contribution in [3.05, 3.63) is 90.3 Å². The first-order chi connectivity index (χ1) is 12.7. The fraction of sp³-hybridized carbons (Fsp3) is 0.0476. The van der Waals surface area contributed by atoms with Gasteiger partial charge in [0.1, 0.15) is 5.75 Å². The molecule has 4 rings (SSSR count). The number of nitrogens with one attached hydrogen (secondary N) is 3. The van der Waals surface area contributed by atoms with E-state index in [1.165, 1.54) is 0 Å². The van der Waals surface area contributed by atoms with Gasteiger partial charge in [0, 0.05) is 23.3 Å². The molecule has 0 spiro atoms. The number of pyridine rings is 2. The molecule has 0 saturated heterocycles. The summed E-state index contributed by atoms with van der Waals surface area (Å²) in [4.78, 5) is 6.23. The molecule has 0 bridgehead atoms. The highest BCUT2D eigenvalue weighted by Crippen LogP contribution is 2.37. The molecule has 5 heteroatoms. The molecule has 5 nitrogen and oxygen atoms in total. The summed E-state index contributed by atoms with van der Waals surface area (Å²) in [6.45, 7) is 0. The summed E-state index contributed by atoms with van der Waals surface area (Å²) in [7, 11) is 0. The third-order valence-electron chi connectivity index (χ3n) is 4.41. The van der Waals surface area contributed by atoms with E-state index in [-0.39, 0.29) is 11.5 Å². The Balaban J connectivity index is 1.88. The van der Waals surface area contributed by atoms with Crippen LogP contribution >= 0.6 is 0 Å². The van der Waals surface area contributed by atoms with Gasteiger partial charge < -0.3 is 10.2 Å². The molecule has 0 radical (unpaired) electrons. The largest absolute Gasteiger partial charge is 0.507 e. The van der Waals surface area contributed by atoms with Gasteiger partial charge in [0.15, 0.2) is 18.0 Å². The Morgan fingerprint density at radius 2 is 1.54 bits per heavy atom. The molecule has 2 aromatic heterocycles. The minimum Gasteiger partial charge on any atom is -0.507 e. The van der Waals surface area contributed by atoms with Gasteiger partial charge in [-0.25, -0.2) is 9.97 Å². The predicted molar refractivity (Wildman–Crippen MR) is 98.7 cm³/mol. The van der Waals surface area contributed by atoms with E-state index in [0.717, 1.165) is 11.2 Å². The molecule has 0 amide bonds. The van der Waals surface area contributed by atoms with Gasteiger partial charge in [-0.1, -0.05) is 24.3 Å². The fourth-order valence-corrected chi connectivity index (χ4v) is 3.12. The minimum atomic E-state index is -0.437. The molecule has 26 heavy (non-hydrogen) atoms. The van der Waals surface area contributed by atoms with Crippen LogP contribution in [0.3, 0.4) is 0 Å². The number of anilines is 1. The van der Waals surface area contributed by atoms with E-state index >= 15 is 0 Å². The maximum atomic E-state index is 10.9. The Morgan fingerprint density at radius 1 is 0.731 bits per heavy atom. The summed E-state index contributed by atoms with van der Waals surface area (Å²) >= 11 is 0. The summed E-state index contributed by atoms with van der Waals surface area (Å²) in [6.07, 6.45) is 3.59. The summed E-state index contributed by atoms with van der Waals surface area (Å²) in [5.41, 5.74) is 2.00. The van der Waals surface area contributed by atoms with E-state index < -0.39 is 6.04 Å². The van der Waals surface area contributed by atoms with Gasteiger partial charge >= 0.3 is 0 Å². The molecule has 0 aliphatic heterocycles. The second kappa shape index (κ2) is 6.72. The van der Waals surface area contributed by atoms with Crippen molar-refractivity contribution in [1.82, 2.24) is 0 Å². The van der Waals surface area contributed by atoms with Crippen molar-refractivity contribution in [2.45, 2.75) is 6.04 Å². The number of phenolic OH excluding ortho intramolecular Hbond substituents is 2. The van der Waals surface area contributed by atoms with Gasteiger partial charge in [-0.3, -0.25) is 5.32 Å². The number of rotatable bonds is 4. The van der Waals surface area contributed by atoms with E-state index in [4.69, 9.17) is 0 Å². The lowest BCUT2D eigenvalue weighted by Crippen LogP contribution is -2.19. The van der Waals surface area contributed by atoms with Gasteiger partial charge in [-0.2, -0.15) is 0 Å². The maximum absolute atomic E-state index is 10.9. The summed E-state index contributed by atoms with van der Waals surface area (Å²) < 4.78 is 0. The van der Waals surface area contributed by atoms with Gasteiger partial charge in [-0.15, -0.1) is 0 Å². The Hall–Kier alpha value is -3.60. The predicted octanol–water partition coefficient (Wildman–Crippen LogP) is 3.08. The summed E-state index contributed by atoms with van der Waals surface area (Å²) in [5.74, 6) is 1.09. The quantitative estimate of drug-likeness (QED) is 0.532. The number of aromatic amines is 2. The number of para-hydroxylation sites is 1. The standard InChI is InChI=1S/C21H17N3O2/c25-17-8-2-1-7-15(17)20(24-18-9-3-4-12-22-18)16-11-10-14-6-5-13-23-19(14)21(16)26/h1-13,20,25-26H,(H,22,24)/p+2. The summed E-state index contributed by atoms with van der Waals surface area (Å²) in [5, 5.41) is 25.6. The van der Waals surface area contributed by atoms with Crippen molar-refractivity contribution in [2.24, 2.45) is 0 Å². The Morgan fingerprint density at radius 3 is 2.35 bits per heavy atom. The fourth-order valence-electron chi connectivity index (χ4n) is 3.12. The van der Waals surface area contributed by atoms with E-state index in [0.29, 0.717) is 16.6 Å². The first-order valence-corrected chi connectivity index (χ1v) is 8.37. The zero-order valence-electron chi connectivity index (χ0n) is 14.0. The first kappa shape index (κ1) is 15.9. The van der Waals surface area contributed by atoms with Crippen molar-refractivity contribution in [3.63, 3.8) is 0 Å². The number of aromatic hydroxyl groups is 2. The Bertz CT molecular complexity index is 1050. The normalized spacial score (nSPS) is 12.0. The lowest BCUT2D eigenvalue weighted by atomic mass is 9.95. The molecule has 0 aliphatic carbocycles. The van der Waals surface area contributed by atoms with Crippen molar-refractivity contribution in [3.8, 4) is 11.5 Å². The molecular weight excluding hydrogens is 326 g/mol. The highest BCUT2D eigenvalue weighted by atomic mass is 16.3. The van der Waals surface area contributed by atoms with Crippen molar-refractivity contribution < 1.29 is 20.2 Å². The van der Waals surface area contributed by atoms with Crippen molar-refractivity contribution >= 4 is 16.7 Å². The molecule has 1 unspecified atom stereocenters. The highest BCUT2D eigenvalue weighted by molar-refractivity contribution is 5.83. The molecular formula is C21H19N3O2+2. The van der Waals surface area contributed by atoms with Gasteiger partial charge in [0.25, 0.3) is 11.3 Å². The Kier molecular flexibility index (Phi) is 4.11. The number of fused-ring (bicyclic) bond motifs is 1. The lowest BCUT2D eigenvalue weighted by Gasteiger charge is -2.17. The van der Waals surface area contributed by atoms with E-state index in [2.05, 4.69) is 15.3 Å². The van der Waals surface area contributed by atoms with Crippen molar-refractivity contribution in [1.29, 1.82) is 0 Å². The van der Waals surface area contributed by atoms with Crippen LogP contribution in [-0.2, 0) is 0 Å². The van der Waals surface area contributed by atoms with Crippen LogP contribution in [0.2, 0.25) is 0 Å². The monoisotopic (exact) mass is 345 g/mol. The summed E-state index contributed by atoms with van der Waals surface area (Å²) in [6, 6.07) is 20.0. The third kappa shape index (κ3) is 2.91. The second-order valence-corrected chi connectivity index (χ2v) is 6.05. The SMILES string of the molecule is Oc1ccccc1C(Nc1cccc[nH+]1)c1ccc2ccc[nH+]c2c1O. The smallest absolute Gasteiger partial charge is 0.272 e. The molecule has 2 aromatic carbocycles. The lowest BCUT2D eigenvalue weighted by molar-refractivity contribution is -0.361. The third-order valence-corrected chi connectivity index (χ3v) is 4.41. The van der Waals surface area contributed by atoms with Crippen LogP contribution in [-0.4, -0.2) is 10.2 Å². The molecule has 5 N–H and O–H groups in total. The zero-order valence-corrected chi connectivity index (χ0v) is 14.0. The van der Waals surface area contributed by atoms with E-state index in [1.807, 2.05) is 60.8 Å². The van der Waals surface area contributed by atoms with Gasteiger partial charge in [0.2, 0.25) is 0 Å². The van der Waals surface area contributed by atoms with Gasteiger partial charge in [-0.05, 0) is 30.3 Å². The number of hydrogen-bond acceptors (Lipinski definition) is 3. The van der Waals surface area contributed by atoms with Crippen LogP contribution < -0.4 is 15.3 Å². The number of H-pyrrole nitrogens is 2. The molecule has 128 valence electrons. The average molecular weight is 345 g/mol. The number of aromatic nitrogens is 2. The molecule has 0 saturated carbocycles. The first-order valence-electron chi connectivity index (χ1n) is 8.37. The van der Waals surface area contributed by atoms with Crippen LogP contribution in [0, 0.1) is 0 Å². The van der Waals surface area contributed by atoms with Crippen LogP contribution in [0.15, 0.2) is 79.1 Å². The highest BCUT2D eigenvalue weighted by Gasteiger charge is 2.27. The van der Waals surface area contributed by atoms with Crippen LogP contribution in [0.1, 0.15) is 17.2 Å². The molecule has 0 aliphatic rings. The second-order valence-electron chi connectivity index (χ2n) is 6.05. The molecule has 1 atom stereocenters.